The first-order chi connectivity index (χ1) is 8.04. The van der Waals surface area contributed by atoms with Gasteiger partial charge in [0.15, 0.2) is 0 Å². The van der Waals surface area contributed by atoms with Gasteiger partial charge in [-0.15, -0.1) is 0 Å². The highest BCUT2D eigenvalue weighted by Gasteiger charge is 2.35. The summed E-state index contributed by atoms with van der Waals surface area (Å²) in [6.45, 7) is 0.519. The molecule has 0 bridgehead atoms. The smallest absolute Gasteiger partial charge is 0.270 e. The molecule has 1 aromatic rings. The minimum absolute atomic E-state index is 0.0123. The van der Waals surface area contributed by atoms with Crippen molar-refractivity contribution in [3.8, 4) is 0 Å². The van der Waals surface area contributed by atoms with Crippen LogP contribution in [-0.4, -0.2) is 35.0 Å². The maximum absolute atomic E-state index is 12.3. The van der Waals surface area contributed by atoms with Gasteiger partial charge in [-0.3, -0.25) is 4.79 Å². The minimum Gasteiger partial charge on any atom is -0.345 e. The Morgan fingerprint density at radius 1 is 1.71 bits per heavy atom. The lowest BCUT2D eigenvalue weighted by Gasteiger charge is -2.27. The quantitative estimate of drug-likeness (QED) is 0.886. The molecular formula is C12H18ClN3O. The number of likely N-dealkylation sites (N-methyl/N-ethyl adjacent to an activating group) is 1. The highest BCUT2D eigenvalue weighted by atomic mass is 35.5. The Kier molecular flexibility index (Phi) is 3.45. The average molecular weight is 256 g/mol. The Morgan fingerprint density at radius 3 is 2.76 bits per heavy atom. The third-order valence-electron chi connectivity index (χ3n) is 3.42. The molecule has 1 atom stereocenters. The molecule has 2 N–H and O–H groups in total. The van der Waals surface area contributed by atoms with Gasteiger partial charge in [0.05, 0.1) is 5.02 Å². The summed E-state index contributed by atoms with van der Waals surface area (Å²) < 4.78 is 1.75. The van der Waals surface area contributed by atoms with Crippen LogP contribution in [0.4, 0.5) is 0 Å². The molecule has 0 radical (unpaired) electrons. The molecule has 1 aliphatic carbocycles. The van der Waals surface area contributed by atoms with Gasteiger partial charge in [-0.25, -0.2) is 0 Å². The lowest BCUT2D eigenvalue weighted by atomic mass is 10.1. The molecule has 1 saturated carbocycles. The van der Waals surface area contributed by atoms with Crippen LogP contribution in [0.25, 0.3) is 0 Å². The van der Waals surface area contributed by atoms with E-state index in [9.17, 15) is 4.79 Å². The lowest BCUT2D eigenvalue weighted by molar-refractivity contribution is 0.0709. The predicted octanol–water partition coefficient (Wildman–Crippen LogP) is 1.49. The Balaban J connectivity index is 2.15. The molecule has 1 aliphatic rings. The molecule has 1 heterocycles. The molecule has 5 heteroatoms. The Labute approximate surface area is 106 Å². The molecule has 0 aromatic carbocycles. The van der Waals surface area contributed by atoms with Crippen molar-refractivity contribution in [1.29, 1.82) is 0 Å². The van der Waals surface area contributed by atoms with E-state index < -0.39 is 0 Å². The zero-order valence-corrected chi connectivity index (χ0v) is 10.9. The van der Waals surface area contributed by atoms with Crippen LogP contribution in [0.2, 0.25) is 5.02 Å². The van der Waals surface area contributed by atoms with Crippen LogP contribution < -0.4 is 5.73 Å². The fourth-order valence-corrected chi connectivity index (χ4v) is 2.47. The Bertz CT molecular complexity index is 425. The summed E-state index contributed by atoms with van der Waals surface area (Å²) in [6.07, 6.45) is 4.08. The summed E-state index contributed by atoms with van der Waals surface area (Å²) >= 11 is 5.89. The maximum atomic E-state index is 12.3. The van der Waals surface area contributed by atoms with Crippen LogP contribution in [0.1, 0.15) is 23.3 Å². The van der Waals surface area contributed by atoms with Crippen LogP contribution in [0.15, 0.2) is 12.3 Å². The van der Waals surface area contributed by atoms with Crippen LogP contribution in [0.5, 0.6) is 0 Å². The summed E-state index contributed by atoms with van der Waals surface area (Å²) in [4.78, 5) is 14.1. The molecule has 2 rings (SSSR count). The van der Waals surface area contributed by atoms with E-state index in [1.54, 1.807) is 21.7 Å². The second-order valence-corrected chi connectivity index (χ2v) is 5.15. The van der Waals surface area contributed by atoms with E-state index in [0.717, 1.165) is 0 Å². The molecular weight excluding hydrogens is 238 g/mol. The highest BCUT2D eigenvalue weighted by Crippen LogP contribution is 2.35. The van der Waals surface area contributed by atoms with Gasteiger partial charge < -0.3 is 15.2 Å². The topological polar surface area (TPSA) is 51.3 Å². The number of nitrogens with zero attached hydrogens (tertiary/aromatic N) is 2. The number of nitrogens with two attached hydrogens (primary N) is 1. The monoisotopic (exact) mass is 255 g/mol. The van der Waals surface area contributed by atoms with E-state index in [1.165, 1.54) is 12.8 Å². The van der Waals surface area contributed by atoms with E-state index in [-0.39, 0.29) is 11.9 Å². The van der Waals surface area contributed by atoms with Gasteiger partial charge >= 0.3 is 0 Å². The molecule has 0 spiro atoms. The maximum Gasteiger partial charge on any atom is 0.270 e. The van der Waals surface area contributed by atoms with Crippen molar-refractivity contribution < 1.29 is 4.79 Å². The van der Waals surface area contributed by atoms with E-state index in [0.29, 0.717) is 23.2 Å². The van der Waals surface area contributed by atoms with Gasteiger partial charge in [0.1, 0.15) is 5.69 Å². The van der Waals surface area contributed by atoms with Gasteiger partial charge in [-0.05, 0) is 24.8 Å². The van der Waals surface area contributed by atoms with Crippen molar-refractivity contribution in [2.75, 3.05) is 13.6 Å². The summed E-state index contributed by atoms with van der Waals surface area (Å²) in [5, 5.41) is 0.583. The van der Waals surface area contributed by atoms with Crippen molar-refractivity contribution in [2.45, 2.75) is 18.9 Å². The number of carbonyl (C=O) groups is 1. The van der Waals surface area contributed by atoms with Crippen molar-refractivity contribution in [1.82, 2.24) is 9.47 Å². The number of halogens is 1. The second-order valence-electron chi connectivity index (χ2n) is 4.71. The Hall–Kier alpha value is -1.00. The molecule has 1 fully saturated rings. The summed E-state index contributed by atoms with van der Waals surface area (Å²) in [5.41, 5.74) is 6.35. The summed E-state index contributed by atoms with van der Waals surface area (Å²) in [6, 6.07) is 1.84. The zero-order chi connectivity index (χ0) is 12.6. The first-order valence-corrected chi connectivity index (χ1v) is 6.21. The molecule has 94 valence electrons. The van der Waals surface area contributed by atoms with Crippen LogP contribution in [0, 0.1) is 5.92 Å². The number of amides is 1. The molecule has 17 heavy (non-hydrogen) atoms. The van der Waals surface area contributed by atoms with Gasteiger partial charge in [0.2, 0.25) is 0 Å². The molecule has 4 nitrogen and oxygen atoms in total. The van der Waals surface area contributed by atoms with Crippen LogP contribution >= 0.6 is 11.6 Å². The van der Waals surface area contributed by atoms with Crippen molar-refractivity contribution >= 4 is 17.5 Å². The third kappa shape index (κ3) is 2.48. The fourth-order valence-electron chi connectivity index (χ4n) is 2.22. The number of hydrogen-bond acceptors (Lipinski definition) is 2. The molecule has 1 aromatic heterocycles. The van der Waals surface area contributed by atoms with Crippen molar-refractivity contribution in [3.05, 3.63) is 23.0 Å². The Morgan fingerprint density at radius 2 is 2.35 bits per heavy atom. The van der Waals surface area contributed by atoms with Gasteiger partial charge in [0.25, 0.3) is 5.91 Å². The fraction of sp³-hybridized carbons (Fsp3) is 0.583. The number of carbonyl (C=O) groups excluding carboxylic acids is 1. The summed E-state index contributed by atoms with van der Waals surface area (Å²) in [5.74, 6) is 0.562. The SMILES string of the molecule is CN(C(=O)c1cc(Cl)cn1C)C(CN)C1CC1. The first-order valence-electron chi connectivity index (χ1n) is 5.83. The normalized spacial score (nSPS) is 16.9. The summed E-state index contributed by atoms with van der Waals surface area (Å²) in [7, 11) is 3.64. The molecule has 1 amide bonds. The minimum atomic E-state index is -0.0123. The second kappa shape index (κ2) is 4.70. The predicted molar refractivity (Wildman–Crippen MR) is 68.1 cm³/mol. The number of hydrogen-bond donors (Lipinski definition) is 1. The van der Waals surface area contributed by atoms with E-state index in [4.69, 9.17) is 17.3 Å². The number of rotatable bonds is 4. The zero-order valence-electron chi connectivity index (χ0n) is 10.2. The van der Waals surface area contributed by atoms with Gasteiger partial charge in [0, 0.05) is 32.9 Å². The highest BCUT2D eigenvalue weighted by molar-refractivity contribution is 6.31. The van der Waals surface area contributed by atoms with Crippen LogP contribution in [0.3, 0.4) is 0 Å². The third-order valence-corrected chi connectivity index (χ3v) is 3.62. The number of aromatic nitrogens is 1. The number of aryl methyl sites for hydroxylation is 1. The van der Waals surface area contributed by atoms with Gasteiger partial charge in [-0.2, -0.15) is 0 Å². The average Bonchev–Trinajstić information content (AvgIpc) is 3.04. The van der Waals surface area contributed by atoms with Crippen LogP contribution in [-0.2, 0) is 7.05 Å². The lowest BCUT2D eigenvalue weighted by Crippen LogP contribution is -2.43. The van der Waals surface area contributed by atoms with Gasteiger partial charge in [-0.1, -0.05) is 11.6 Å². The molecule has 1 unspecified atom stereocenters. The standard InChI is InChI=1S/C12H18ClN3O/c1-15-7-9(13)5-10(15)12(17)16(2)11(6-14)8-3-4-8/h5,7-8,11H,3-4,6,14H2,1-2H3. The largest absolute Gasteiger partial charge is 0.345 e. The van der Waals surface area contributed by atoms with E-state index in [1.807, 2.05) is 14.1 Å². The van der Waals surface area contributed by atoms with Crippen molar-refractivity contribution in [3.63, 3.8) is 0 Å². The molecule has 0 saturated heterocycles. The van der Waals surface area contributed by atoms with E-state index in [2.05, 4.69) is 0 Å². The first kappa shape index (κ1) is 12.5. The van der Waals surface area contributed by atoms with E-state index >= 15 is 0 Å². The van der Waals surface area contributed by atoms with Crippen molar-refractivity contribution in [2.24, 2.45) is 18.7 Å². The molecule has 0 aliphatic heterocycles.